The van der Waals surface area contributed by atoms with Gasteiger partial charge in [0.15, 0.2) is 7.28 Å². The second-order valence-electron chi connectivity index (χ2n) is 2.69. The molecule has 0 bridgehead atoms. The van der Waals surface area contributed by atoms with Gasteiger partial charge in [0.1, 0.15) is 0 Å². The van der Waals surface area contributed by atoms with Gasteiger partial charge in [-0.3, -0.25) is 0 Å². The lowest BCUT2D eigenvalue weighted by molar-refractivity contribution is -0.0157. The molecule has 2 atom stereocenters. The minimum atomic E-state index is -0.481. The fraction of sp³-hybridized carbons (Fsp3) is 1.00. The highest BCUT2D eigenvalue weighted by atomic mass is 16.5. The number of hydrogen-bond acceptors (Lipinski definition) is 3. The molecule has 0 saturated carbocycles. The third-order valence-corrected chi connectivity index (χ3v) is 1.47. The molecule has 0 rings (SSSR count). The zero-order chi connectivity index (χ0) is 10.1. The van der Waals surface area contributed by atoms with Crippen LogP contribution in [0.3, 0.4) is 0 Å². The van der Waals surface area contributed by atoms with Crippen LogP contribution in [0.15, 0.2) is 0 Å². The minimum Gasteiger partial charge on any atom is -0.394 e. The van der Waals surface area contributed by atoms with Crippen LogP contribution < -0.4 is 0 Å². The van der Waals surface area contributed by atoms with E-state index in [9.17, 15) is 0 Å². The molecule has 4 heteroatoms. The van der Waals surface area contributed by atoms with Gasteiger partial charge in [-0.05, 0) is 6.90 Å². The Morgan fingerprint density at radius 1 is 1.50 bits per heavy atom. The molecule has 2 N–H and O–H groups in total. The molecule has 12 heavy (non-hydrogen) atoms. The molecule has 0 aromatic heterocycles. The Kier molecular flexibility index (Phi) is 6.34. The third kappa shape index (κ3) is 5.58. The minimum absolute atomic E-state index is 0.0208. The second kappa shape index (κ2) is 7.59. The highest BCUT2D eigenvalue weighted by Gasteiger charge is 2.11. The van der Waals surface area contributed by atoms with E-state index in [4.69, 9.17) is 16.3 Å². The van der Waals surface area contributed by atoms with Gasteiger partial charge in [-0.2, -0.15) is 0 Å². The zero-order valence-corrected chi connectivity index (χ0v) is 7.57. The van der Waals surface area contributed by atoms with E-state index < -0.39 is 6.10 Å². The summed E-state index contributed by atoms with van der Waals surface area (Å²) in [5.41, 5.74) is 0. The van der Waals surface area contributed by atoms with E-state index in [0.717, 1.165) is 12.7 Å². The molecule has 0 spiro atoms. The molecular weight excluding hydrogens is 155 g/mol. The lowest BCUT2D eigenvalue weighted by atomic mass is 9.67. The normalized spacial score (nSPS) is 16.8. The van der Waals surface area contributed by atoms with Crippen molar-refractivity contribution in [1.29, 1.82) is 0 Å². The van der Waals surface area contributed by atoms with Gasteiger partial charge in [0.25, 0.3) is 0 Å². The first-order valence-electron chi connectivity index (χ1n) is 4.98. The highest BCUT2D eigenvalue weighted by Crippen LogP contribution is 1.99. The van der Waals surface area contributed by atoms with Gasteiger partial charge in [-0.15, -0.1) is 0 Å². The van der Waals surface area contributed by atoms with E-state index in [0.29, 0.717) is 0 Å². The van der Waals surface area contributed by atoms with Crippen LogP contribution in [0.25, 0.3) is 0 Å². The van der Waals surface area contributed by atoms with Crippen molar-refractivity contribution in [2.75, 3.05) is 13.2 Å². The van der Waals surface area contributed by atoms with Crippen LogP contribution in [0.4, 0.5) is 0 Å². The van der Waals surface area contributed by atoms with E-state index in [1.54, 1.807) is 0 Å². The predicted molar refractivity (Wildman–Crippen MR) is 49.4 cm³/mol. The lowest BCUT2D eigenvalue weighted by Crippen LogP contribution is -2.30. The SMILES string of the molecule is [2H]C[C@H](CO)O[C@@H]([B]CCC)CO. The smallest absolute Gasteiger partial charge is 0.152 e. The largest absolute Gasteiger partial charge is 0.394 e. The number of hydrogen-bond donors (Lipinski definition) is 2. The van der Waals surface area contributed by atoms with Crippen molar-refractivity contribution < 1.29 is 16.3 Å². The molecule has 0 heterocycles. The number of ether oxygens (including phenoxy) is 1. The van der Waals surface area contributed by atoms with E-state index >= 15 is 0 Å². The van der Waals surface area contributed by atoms with Crippen molar-refractivity contribution in [1.82, 2.24) is 0 Å². The molecule has 0 aliphatic carbocycles. The molecule has 0 saturated heterocycles. The van der Waals surface area contributed by atoms with Gasteiger partial charge in [0.05, 0.1) is 19.3 Å². The summed E-state index contributed by atoms with van der Waals surface area (Å²) < 4.78 is 12.3. The topological polar surface area (TPSA) is 49.7 Å². The highest BCUT2D eigenvalue weighted by molar-refractivity contribution is 6.37. The summed E-state index contributed by atoms with van der Waals surface area (Å²) >= 11 is 0. The van der Waals surface area contributed by atoms with E-state index in [1.807, 2.05) is 14.2 Å². The Balaban J connectivity index is 3.67. The van der Waals surface area contributed by atoms with Crippen molar-refractivity contribution in [3.63, 3.8) is 0 Å². The molecule has 1 radical (unpaired) electrons. The number of aliphatic hydroxyl groups is 2. The summed E-state index contributed by atoms with van der Waals surface area (Å²) in [6.07, 6.45) is 1.40. The summed E-state index contributed by atoms with van der Waals surface area (Å²) in [7, 11) is 1.87. The summed E-state index contributed by atoms with van der Waals surface area (Å²) in [5, 5.41) is 17.6. The molecule has 0 aliphatic heterocycles. The molecular formula is C8H18BO3. The van der Waals surface area contributed by atoms with Crippen molar-refractivity contribution in [2.24, 2.45) is 0 Å². The summed E-state index contributed by atoms with van der Waals surface area (Å²) in [6, 6.07) is -0.345. The van der Waals surface area contributed by atoms with Crippen LogP contribution in [0, 0.1) is 0 Å². The first-order valence-corrected chi connectivity index (χ1v) is 4.28. The van der Waals surface area contributed by atoms with Crippen LogP contribution in [0.2, 0.25) is 6.32 Å². The van der Waals surface area contributed by atoms with E-state index in [2.05, 4.69) is 0 Å². The number of rotatable bonds is 7. The van der Waals surface area contributed by atoms with Crippen LogP contribution >= 0.6 is 0 Å². The molecule has 0 fully saturated rings. The molecule has 0 aromatic rings. The predicted octanol–water partition coefficient (Wildman–Crippen LogP) is 0.235. The molecule has 71 valence electrons. The van der Waals surface area contributed by atoms with Gasteiger partial charge in [0, 0.05) is 7.37 Å². The molecule has 0 unspecified atom stereocenters. The monoisotopic (exact) mass is 174 g/mol. The average Bonchev–Trinajstić information content (AvgIpc) is 2.19. The van der Waals surface area contributed by atoms with Gasteiger partial charge in [0.2, 0.25) is 0 Å². The van der Waals surface area contributed by atoms with Crippen molar-refractivity contribution in [2.45, 2.75) is 38.7 Å². The van der Waals surface area contributed by atoms with Gasteiger partial charge in [-0.1, -0.05) is 19.7 Å². The van der Waals surface area contributed by atoms with E-state index in [-0.39, 0.29) is 26.1 Å². The summed E-state index contributed by atoms with van der Waals surface area (Å²) in [6.45, 7) is 1.81. The molecule has 0 aromatic carbocycles. The molecule has 3 nitrogen and oxygen atoms in total. The van der Waals surface area contributed by atoms with E-state index in [1.165, 1.54) is 0 Å². The quantitative estimate of drug-likeness (QED) is 0.543. The van der Waals surface area contributed by atoms with Crippen LogP contribution in [-0.4, -0.2) is 42.8 Å². The van der Waals surface area contributed by atoms with Gasteiger partial charge in [-0.25, -0.2) is 0 Å². The molecule has 0 amide bonds. The lowest BCUT2D eigenvalue weighted by Gasteiger charge is -2.18. The van der Waals surface area contributed by atoms with Crippen LogP contribution in [0.5, 0.6) is 0 Å². The Labute approximate surface area is 76.4 Å². The molecule has 0 aliphatic rings. The Morgan fingerprint density at radius 3 is 2.67 bits per heavy atom. The fourth-order valence-corrected chi connectivity index (χ4v) is 0.816. The van der Waals surface area contributed by atoms with Crippen LogP contribution in [-0.2, 0) is 4.74 Å². The Hall–Kier alpha value is -0.0551. The Morgan fingerprint density at radius 2 is 2.25 bits per heavy atom. The standard InChI is InChI=1S/C8H18BO3/c1-3-4-9-8(6-11)12-7(2)5-10/h7-8,10-11H,3-6H2,1-2H3/t7-,8-/m1/s1/i2D. The van der Waals surface area contributed by atoms with Crippen molar-refractivity contribution >= 4 is 7.28 Å². The van der Waals surface area contributed by atoms with Gasteiger partial charge >= 0.3 is 0 Å². The summed E-state index contributed by atoms with van der Waals surface area (Å²) in [4.78, 5) is 0. The fourth-order valence-electron chi connectivity index (χ4n) is 0.816. The maximum Gasteiger partial charge on any atom is 0.152 e. The first kappa shape index (κ1) is 10.0. The first-order chi connectivity index (χ1) is 6.28. The average molecular weight is 174 g/mol. The van der Waals surface area contributed by atoms with Crippen LogP contribution in [0.1, 0.15) is 21.6 Å². The maximum absolute atomic E-state index is 8.89. The van der Waals surface area contributed by atoms with Gasteiger partial charge < -0.3 is 14.9 Å². The Bertz CT molecular complexity index is 112. The maximum atomic E-state index is 8.89. The second-order valence-corrected chi connectivity index (χ2v) is 2.69. The number of aliphatic hydroxyl groups excluding tert-OH is 2. The summed E-state index contributed by atoms with van der Waals surface area (Å²) in [5.74, 6) is 0. The van der Waals surface area contributed by atoms with Crippen molar-refractivity contribution in [3.05, 3.63) is 0 Å². The van der Waals surface area contributed by atoms with Crippen molar-refractivity contribution in [3.8, 4) is 0 Å². The third-order valence-electron chi connectivity index (χ3n) is 1.47. The zero-order valence-electron chi connectivity index (χ0n) is 8.57.